The smallest absolute Gasteiger partial charge is 0.366 e. The molecule has 2 aromatic rings. The van der Waals surface area contributed by atoms with E-state index in [1.807, 2.05) is 12.1 Å². The molecule has 0 spiro atoms. The minimum absolute atomic E-state index is 0.0604. The number of amidine groups is 1. The minimum atomic E-state index is -4.66. The summed E-state index contributed by atoms with van der Waals surface area (Å²) in [5.41, 5.74) is 6.18. The number of alkyl halides is 5. The summed E-state index contributed by atoms with van der Waals surface area (Å²) in [6, 6.07) is 6.98. The van der Waals surface area contributed by atoms with Gasteiger partial charge in [-0.05, 0) is 30.7 Å². The maximum absolute atomic E-state index is 14.0. The summed E-state index contributed by atoms with van der Waals surface area (Å²) >= 11 is 0. The number of hydrogen-bond acceptors (Lipinski definition) is 6. The van der Waals surface area contributed by atoms with E-state index in [2.05, 4.69) is 35.5 Å². The number of nitrogens with zero attached hydrogens (tertiary/aromatic N) is 5. The zero-order chi connectivity index (χ0) is 24.8. The number of aromatic nitrogens is 2. The van der Waals surface area contributed by atoms with E-state index in [0.717, 1.165) is 11.8 Å². The van der Waals surface area contributed by atoms with Gasteiger partial charge in [-0.15, -0.1) is 0 Å². The normalized spacial score (nSPS) is 27.7. The van der Waals surface area contributed by atoms with Gasteiger partial charge in [0.25, 0.3) is 0 Å². The Hall–Kier alpha value is -3.35. The Balaban J connectivity index is 1.42. The zero-order valence-corrected chi connectivity index (χ0v) is 18.4. The number of guanidine groups is 1. The van der Waals surface area contributed by atoms with Crippen LogP contribution in [0.4, 0.5) is 27.6 Å². The Bertz CT molecular complexity index is 1150. The molecule has 13 heteroatoms. The van der Waals surface area contributed by atoms with E-state index >= 15 is 0 Å². The number of nitrogens with two attached hydrogens (primary N) is 1. The Labute approximate surface area is 197 Å². The van der Waals surface area contributed by atoms with Gasteiger partial charge in [0.2, 0.25) is 5.92 Å². The van der Waals surface area contributed by atoms with Crippen LogP contribution in [0.15, 0.2) is 52.7 Å². The molecule has 2 aromatic heterocycles. The number of anilines is 1. The molecule has 0 aromatic carbocycles. The lowest BCUT2D eigenvalue weighted by molar-refractivity contribution is -0.141. The van der Waals surface area contributed by atoms with Crippen molar-refractivity contribution in [3.63, 3.8) is 0 Å². The average Bonchev–Trinajstić information content (AvgIpc) is 3.16. The van der Waals surface area contributed by atoms with Gasteiger partial charge in [-0.2, -0.15) is 13.2 Å². The van der Waals surface area contributed by atoms with E-state index in [-0.39, 0.29) is 36.4 Å². The molecule has 0 bridgehead atoms. The van der Waals surface area contributed by atoms with Crippen LogP contribution < -0.4 is 21.3 Å². The molecule has 2 fully saturated rings. The van der Waals surface area contributed by atoms with Gasteiger partial charge < -0.3 is 15.5 Å². The van der Waals surface area contributed by atoms with Crippen LogP contribution in [0, 0.1) is 5.92 Å². The van der Waals surface area contributed by atoms with Crippen molar-refractivity contribution in [1.82, 2.24) is 20.6 Å². The zero-order valence-electron chi connectivity index (χ0n) is 18.4. The van der Waals surface area contributed by atoms with Crippen molar-refractivity contribution < 1.29 is 22.0 Å². The molecule has 2 atom stereocenters. The third-order valence-electron chi connectivity index (χ3n) is 6.35. The van der Waals surface area contributed by atoms with Gasteiger partial charge in [-0.1, -0.05) is 6.07 Å². The van der Waals surface area contributed by atoms with E-state index in [0.29, 0.717) is 13.1 Å². The second kappa shape index (κ2) is 8.40. The van der Waals surface area contributed by atoms with Crippen LogP contribution in [0.2, 0.25) is 0 Å². The predicted octanol–water partition coefficient (Wildman–Crippen LogP) is 2.73. The van der Waals surface area contributed by atoms with Crippen LogP contribution in [0.5, 0.6) is 0 Å². The molecule has 1 saturated carbocycles. The summed E-state index contributed by atoms with van der Waals surface area (Å²) in [5.74, 6) is -5.22. The van der Waals surface area contributed by atoms with Crippen molar-refractivity contribution >= 4 is 17.5 Å². The van der Waals surface area contributed by atoms with Crippen LogP contribution in [0.3, 0.4) is 0 Å². The fraction of sp³-hybridized carbons (Fsp3) is 0.455. The second-order valence-electron chi connectivity index (χ2n) is 8.98. The molecule has 5 rings (SSSR count). The van der Waals surface area contributed by atoms with Crippen LogP contribution in [0.1, 0.15) is 30.7 Å². The van der Waals surface area contributed by atoms with Gasteiger partial charge in [0, 0.05) is 38.0 Å². The highest BCUT2D eigenvalue weighted by atomic mass is 19.4. The molecule has 2 aliphatic heterocycles. The molecule has 2 unspecified atom stereocenters. The molecule has 4 N–H and O–H groups in total. The summed E-state index contributed by atoms with van der Waals surface area (Å²) in [7, 11) is 0. The maximum atomic E-state index is 14.0. The molecule has 4 heterocycles. The number of aliphatic imine (C=N–C) groups is 2. The highest BCUT2D eigenvalue weighted by Gasteiger charge is 2.50. The maximum Gasteiger partial charge on any atom is 0.433 e. The van der Waals surface area contributed by atoms with Crippen molar-refractivity contribution in [2.75, 3.05) is 18.0 Å². The standard InChI is InChI=1S/C22H23F5N8/c23-20(24)7-6-13(9-20)22(28)33-18(16-4-1-5-17(31-16)21(25,26)27)32-19(34-22)30-14-11-35(12-14)15-3-2-8-29-10-15/h1-5,8,10,13-14H,6-7,9,11-12,28H2,(H2,30,32,33,34). The number of nitrogens with one attached hydrogen (secondary N) is 2. The predicted molar refractivity (Wildman–Crippen MR) is 119 cm³/mol. The molecule has 1 aliphatic carbocycles. The van der Waals surface area contributed by atoms with Gasteiger partial charge in [0.05, 0.1) is 17.9 Å². The first-order valence-corrected chi connectivity index (χ1v) is 11.1. The van der Waals surface area contributed by atoms with Crippen LogP contribution >= 0.6 is 0 Å². The first-order valence-electron chi connectivity index (χ1n) is 11.1. The highest BCUT2D eigenvalue weighted by molar-refractivity contribution is 6.09. The van der Waals surface area contributed by atoms with Crippen molar-refractivity contribution in [1.29, 1.82) is 0 Å². The topological polar surface area (TPSA) is 104 Å². The third kappa shape index (κ3) is 4.90. The molecule has 3 aliphatic rings. The molecule has 0 radical (unpaired) electrons. The Morgan fingerprint density at radius 2 is 1.94 bits per heavy atom. The Morgan fingerprint density at radius 3 is 2.60 bits per heavy atom. The molecular formula is C22H23F5N8. The van der Waals surface area contributed by atoms with Gasteiger partial charge in [-0.25, -0.2) is 23.7 Å². The van der Waals surface area contributed by atoms with E-state index in [1.165, 1.54) is 12.1 Å². The van der Waals surface area contributed by atoms with Crippen LogP contribution in [0.25, 0.3) is 0 Å². The number of pyridine rings is 2. The van der Waals surface area contributed by atoms with Crippen molar-refractivity contribution in [3.8, 4) is 0 Å². The summed E-state index contributed by atoms with van der Waals surface area (Å²) in [4.78, 5) is 18.7. The molecule has 8 nitrogen and oxygen atoms in total. The first kappa shape index (κ1) is 23.4. The van der Waals surface area contributed by atoms with Crippen molar-refractivity contribution in [2.24, 2.45) is 21.6 Å². The molecule has 186 valence electrons. The molecule has 0 amide bonds. The Morgan fingerprint density at radius 1 is 1.14 bits per heavy atom. The number of rotatable bonds is 4. The lowest BCUT2D eigenvalue weighted by atomic mass is 9.98. The molecule has 35 heavy (non-hydrogen) atoms. The fourth-order valence-electron chi connectivity index (χ4n) is 4.47. The lowest BCUT2D eigenvalue weighted by Gasteiger charge is -2.41. The van der Waals surface area contributed by atoms with Gasteiger partial charge >= 0.3 is 6.18 Å². The van der Waals surface area contributed by atoms with Crippen molar-refractivity contribution in [3.05, 3.63) is 54.1 Å². The monoisotopic (exact) mass is 494 g/mol. The van der Waals surface area contributed by atoms with Crippen molar-refractivity contribution in [2.45, 2.75) is 43.2 Å². The van der Waals surface area contributed by atoms with E-state index in [1.54, 1.807) is 12.4 Å². The Kier molecular flexibility index (Phi) is 5.61. The quantitative estimate of drug-likeness (QED) is 0.565. The van der Waals surface area contributed by atoms with Crippen LogP contribution in [-0.2, 0) is 6.18 Å². The lowest BCUT2D eigenvalue weighted by Crippen LogP contribution is -2.67. The minimum Gasteiger partial charge on any atom is -0.366 e. The number of hydrogen-bond donors (Lipinski definition) is 3. The van der Waals surface area contributed by atoms with E-state index in [4.69, 9.17) is 5.73 Å². The largest absolute Gasteiger partial charge is 0.433 e. The highest BCUT2D eigenvalue weighted by Crippen LogP contribution is 2.43. The second-order valence-corrected chi connectivity index (χ2v) is 8.98. The third-order valence-corrected chi connectivity index (χ3v) is 6.35. The van der Waals surface area contributed by atoms with Gasteiger partial charge in [0.15, 0.2) is 17.6 Å². The SMILES string of the molecule is NC1(C2CCC(F)(F)C2)N=C(c2cccc(C(F)(F)F)n2)NC(=NC2CN(c3cccnc3)C2)N1. The van der Waals surface area contributed by atoms with E-state index < -0.39 is 35.9 Å². The summed E-state index contributed by atoms with van der Waals surface area (Å²) in [6.07, 6.45) is -1.98. The van der Waals surface area contributed by atoms with Gasteiger partial charge in [0.1, 0.15) is 11.4 Å². The molecular weight excluding hydrogens is 471 g/mol. The van der Waals surface area contributed by atoms with Crippen LogP contribution in [-0.4, -0.2) is 52.6 Å². The first-order chi connectivity index (χ1) is 16.5. The van der Waals surface area contributed by atoms with E-state index in [9.17, 15) is 22.0 Å². The average molecular weight is 494 g/mol. The number of halogens is 5. The fourth-order valence-corrected chi connectivity index (χ4v) is 4.47. The molecule has 1 saturated heterocycles. The summed E-state index contributed by atoms with van der Waals surface area (Å²) in [5, 5.41) is 5.79. The summed E-state index contributed by atoms with van der Waals surface area (Å²) < 4.78 is 67.6. The summed E-state index contributed by atoms with van der Waals surface area (Å²) in [6.45, 7) is 1.15. The van der Waals surface area contributed by atoms with Gasteiger partial charge in [-0.3, -0.25) is 10.7 Å².